The summed E-state index contributed by atoms with van der Waals surface area (Å²) in [6.07, 6.45) is 0.383. The number of ether oxygens (including phenoxy) is 1. The van der Waals surface area contributed by atoms with E-state index in [2.05, 4.69) is 22.0 Å². The number of carbonyl (C=O) groups excluding carboxylic acids is 1. The highest BCUT2D eigenvalue weighted by Crippen LogP contribution is 2.30. The van der Waals surface area contributed by atoms with E-state index in [1.165, 1.54) is 5.56 Å². The van der Waals surface area contributed by atoms with Crippen LogP contribution in [0.25, 0.3) is 0 Å². The number of hydrogen-bond acceptors (Lipinski definition) is 2. The van der Waals surface area contributed by atoms with Crippen molar-refractivity contribution >= 4 is 27.5 Å². The number of anilines is 1. The Morgan fingerprint density at radius 1 is 1.27 bits per heavy atom. The van der Waals surface area contributed by atoms with Crippen molar-refractivity contribution in [1.29, 1.82) is 0 Å². The smallest absolute Gasteiger partial charge is 0.267 e. The van der Waals surface area contributed by atoms with Crippen molar-refractivity contribution in [3.05, 3.63) is 58.1 Å². The van der Waals surface area contributed by atoms with Crippen molar-refractivity contribution in [2.45, 2.75) is 26.4 Å². The van der Waals surface area contributed by atoms with Crippen LogP contribution in [0.5, 0.6) is 5.75 Å². The Kier molecular flexibility index (Phi) is 4.21. The molecule has 1 heterocycles. The molecule has 114 valence electrons. The van der Waals surface area contributed by atoms with Crippen LogP contribution in [0.2, 0.25) is 0 Å². The molecule has 1 atom stereocenters. The van der Waals surface area contributed by atoms with Gasteiger partial charge < -0.3 is 9.64 Å². The van der Waals surface area contributed by atoms with Gasteiger partial charge in [-0.1, -0.05) is 24.3 Å². The van der Waals surface area contributed by atoms with Crippen LogP contribution in [0.3, 0.4) is 0 Å². The molecule has 1 aliphatic heterocycles. The number of hydrogen-bond donors (Lipinski definition) is 0. The van der Waals surface area contributed by atoms with Crippen LogP contribution in [0.4, 0.5) is 5.69 Å². The summed E-state index contributed by atoms with van der Waals surface area (Å²) < 4.78 is 6.72. The lowest BCUT2D eigenvalue weighted by atomic mass is 10.2. The molecule has 3 nitrogen and oxygen atoms in total. The molecule has 0 saturated heterocycles. The van der Waals surface area contributed by atoms with Crippen LogP contribution in [0.15, 0.2) is 46.9 Å². The number of benzene rings is 2. The highest BCUT2D eigenvalue weighted by atomic mass is 79.9. The van der Waals surface area contributed by atoms with E-state index in [1.54, 1.807) is 6.92 Å². The Balaban J connectivity index is 1.76. The molecular formula is C18H18BrNO2. The molecular weight excluding hydrogens is 342 g/mol. The van der Waals surface area contributed by atoms with Crippen LogP contribution in [0.1, 0.15) is 18.1 Å². The Morgan fingerprint density at radius 2 is 2.05 bits per heavy atom. The predicted molar refractivity (Wildman–Crippen MR) is 91.5 cm³/mol. The maximum atomic E-state index is 12.7. The average molecular weight is 360 g/mol. The van der Waals surface area contributed by atoms with E-state index in [1.807, 2.05) is 48.2 Å². The number of carbonyl (C=O) groups is 1. The molecule has 0 fully saturated rings. The minimum atomic E-state index is -0.523. The highest BCUT2D eigenvalue weighted by Gasteiger charge is 2.29. The standard InChI is InChI=1S/C18H18BrNO2/c1-12-7-8-17(15(19)11-12)22-13(2)18(21)20-10-9-14-5-3-4-6-16(14)20/h3-8,11,13H,9-10H2,1-2H3. The molecule has 0 aromatic heterocycles. The second-order valence-electron chi connectivity index (χ2n) is 5.56. The maximum Gasteiger partial charge on any atom is 0.267 e. The fraction of sp³-hybridized carbons (Fsp3) is 0.278. The van der Waals surface area contributed by atoms with Gasteiger partial charge in [0.15, 0.2) is 6.10 Å². The van der Waals surface area contributed by atoms with E-state index in [9.17, 15) is 4.79 Å². The van der Waals surface area contributed by atoms with Crippen molar-refractivity contribution in [1.82, 2.24) is 0 Å². The lowest BCUT2D eigenvalue weighted by Crippen LogP contribution is -2.39. The summed E-state index contributed by atoms with van der Waals surface area (Å²) in [5, 5.41) is 0. The summed E-state index contributed by atoms with van der Waals surface area (Å²) in [7, 11) is 0. The van der Waals surface area contributed by atoms with Crippen LogP contribution < -0.4 is 9.64 Å². The first-order chi connectivity index (χ1) is 10.6. The van der Waals surface area contributed by atoms with E-state index < -0.39 is 6.10 Å². The predicted octanol–water partition coefficient (Wildman–Crippen LogP) is 4.11. The number of nitrogens with zero attached hydrogens (tertiary/aromatic N) is 1. The largest absolute Gasteiger partial charge is 0.480 e. The molecule has 2 aromatic rings. The highest BCUT2D eigenvalue weighted by molar-refractivity contribution is 9.10. The third kappa shape index (κ3) is 2.88. The average Bonchev–Trinajstić information content (AvgIpc) is 2.93. The molecule has 0 radical (unpaired) electrons. The molecule has 3 rings (SSSR count). The number of rotatable bonds is 3. The van der Waals surface area contributed by atoms with Crippen LogP contribution in [0, 0.1) is 6.92 Å². The molecule has 0 N–H and O–H groups in total. The van der Waals surface area contributed by atoms with E-state index in [-0.39, 0.29) is 5.91 Å². The van der Waals surface area contributed by atoms with Crippen LogP contribution in [-0.4, -0.2) is 18.6 Å². The molecule has 0 saturated carbocycles. The molecule has 2 aromatic carbocycles. The lowest BCUT2D eigenvalue weighted by Gasteiger charge is -2.23. The zero-order valence-corrected chi connectivity index (χ0v) is 14.3. The number of aryl methyl sites for hydroxylation is 1. The zero-order valence-electron chi connectivity index (χ0n) is 12.7. The van der Waals surface area contributed by atoms with Crippen molar-refractivity contribution < 1.29 is 9.53 Å². The Hall–Kier alpha value is -1.81. The third-order valence-electron chi connectivity index (χ3n) is 3.89. The monoisotopic (exact) mass is 359 g/mol. The zero-order chi connectivity index (χ0) is 15.7. The van der Waals surface area contributed by atoms with Gasteiger partial charge in [-0.3, -0.25) is 4.79 Å². The van der Waals surface area contributed by atoms with Gasteiger partial charge in [0.2, 0.25) is 0 Å². The van der Waals surface area contributed by atoms with Gasteiger partial charge in [0.25, 0.3) is 5.91 Å². The molecule has 0 spiro atoms. The first-order valence-corrected chi connectivity index (χ1v) is 8.17. The summed E-state index contributed by atoms with van der Waals surface area (Å²) >= 11 is 3.48. The second kappa shape index (κ2) is 6.13. The van der Waals surface area contributed by atoms with Crippen molar-refractivity contribution in [2.75, 3.05) is 11.4 Å². The number of fused-ring (bicyclic) bond motifs is 1. The van der Waals surface area contributed by atoms with Crippen molar-refractivity contribution in [3.8, 4) is 5.75 Å². The molecule has 1 aliphatic rings. The summed E-state index contributed by atoms with van der Waals surface area (Å²) in [5.74, 6) is 0.691. The first kappa shape index (κ1) is 15.1. The normalized spacial score (nSPS) is 14.6. The van der Waals surface area contributed by atoms with Crippen molar-refractivity contribution in [3.63, 3.8) is 0 Å². The molecule has 0 aliphatic carbocycles. The van der Waals surface area contributed by atoms with Gasteiger partial charge in [0.1, 0.15) is 5.75 Å². The van der Waals surface area contributed by atoms with Crippen LogP contribution in [-0.2, 0) is 11.2 Å². The summed E-state index contributed by atoms with van der Waals surface area (Å²) in [6, 6.07) is 13.9. The fourth-order valence-corrected chi connectivity index (χ4v) is 3.32. The van der Waals surface area contributed by atoms with Gasteiger partial charge in [0.05, 0.1) is 4.47 Å². The van der Waals surface area contributed by atoms with E-state index in [0.29, 0.717) is 5.75 Å². The topological polar surface area (TPSA) is 29.5 Å². The Bertz CT molecular complexity index is 714. The quantitative estimate of drug-likeness (QED) is 0.824. The third-order valence-corrected chi connectivity index (χ3v) is 4.51. The molecule has 0 bridgehead atoms. The molecule has 22 heavy (non-hydrogen) atoms. The first-order valence-electron chi connectivity index (χ1n) is 7.38. The minimum absolute atomic E-state index is 0.00238. The van der Waals surface area contributed by atoms with Gasteiger partial charge in [-0.2, -0.15) is 0 Å². The number of amides is 1. The SMILES string of the molecule is Cc1ccc(OC(C)C(=O)N2CCc3ccccc32)c(Br)c1. The summed E-state index contributed by atoms with van der Waals surface area (Å²) in [4.78, 5) is 14.5. The Morgan fingerprint density at radius 3 is 2.82 bits per heavy atom. The van der Waals surface area contributed by atoms with Crippen molar-refractivity contribution in [2.24, 2.45) is 0 Å². The summed E-state index contributed by atoms with van der Waals surface area (Å²) in [6.45, 7) is 4.54. The van der Waals surface area contributed by atoms with E-state index in [0.717, 1.165) is 28.7 Å². The maximum absolute atomic E-state index is 12.7. The van der Waals surface area contributed by atoms with Gasteiger partial charge in [-0.25, -0.2) is 0 Å². The minimum Gasteiger partial charge on any atom is -0.480 e. The van der Waals surface area contributed by atoms with Crippen LogP contribution >= 0.6 is 15.9 Å². The number of halogens is 1. The van der Waals surface area contributed by atoms with E-state index >= 15 is 0 Å². The molecule has 4 heteroatoms. The Labute approximate surface area is 139 Å². The van der Waals surface area contributed by atoms with Gasteiger partial charge in [0, 0.05) is 12.2 Å². The summed E-state index contributed by atoms with van der Waals surface area (Å²) in [5.41, 5.74) is 3.37. The fourth-order valence-electron chi connectivity index (χ4n) is 2.73. The number of para-hydroxylation sites is 1. The van der Waals surface area contributed by atoms with Gasteiger partial charge in [-0.05, 0) is 65.5 Å². The van der Waals surface area contributed by atoms with Gasteiger partial charge >= 0.3 is 0 Å². The van der Waals surface area contributed by atoms with E-state index in [4.69, 9.17) is 4.74 Å². The second-order valence-corrected chi connectivity index (χ2v) is 6.42. The lowest BCUT2D eigenvalue weighted by molar-refractivity contribution is -0.124. The molecule has 1 unspecified atom stereocenters. The molecule has 1 amide bonds. The van der Waals surface area contributed by atoms with Gasteiger partial charge in [-0.15, -0.1) is 0 Å².